The van der Waals surface area contributed by atoms with Crippen LogP contribution >= 0.6 is 0 Å². The number of rotatable bonds is 6. The summed E-state index contributed by atoms with van der Waals surface area (Å²) in [5.41, 5.74) is 2.34. The van der Waals surface area contributed by atoms with Crippen molar-refractivity contribution in [3.8, 4) is 0 Å². The number of benzene rings is 2. The second-order valence-electron chi connectivity index (χ2n) is 6.37. The van der Waals surface area contributed by atoms with Gasteiger partial charge < -0.3 is 9.84 Å². The summed E-state index contributed by atoms with van der Waals surface area (Å²) in [4.78, 5) is 21.7. The van der Waals surface area contributed by atoms with Gasteiger partial charge in [0.15, 0.2) is 11.4 Å². The zero-order valence-electron chi connectivity index (χ0n) is 16.7. The van der Waals surface area contributed by atoms with Gasteiger partial charge in [-0.3, -0.25) is 0 Å². The molecule has 0 spiro atoms. The van der Waals surface area contributed by atoms with Crippen LogP contribution in [-0.4, -0.2) is 54.1 Å². The molecule has 0 fully saturated rings. The van der Waals surface area contributed by atoms with Gasteiger partial charge in [0.1, 0.15) is 0 Å². The molecule has 0 atom stereocenters. The van der Waals surface area contributed by atoms with E-state index in [1.54, 1.807) is 10.9 Å². The van der Waals surface area contributed by atoms with Crippen molar-refractivity contribution >= 4 is 11.9 Å². The van der Waals surface area contributed by atoms with Gasteiger partial charge in [0.25, 0.3) is 0 Å². The third kappa shape index (κ3) is 6.32. The minimum Gasteiger partial charge on any atom is -0.476 e. The topological polar surface area (TPSA) is 125 Å². The molecule has 1 N–H and O–H groups in total. The van der Waals surface area contributed by atoms with Crippen LogP contribution in [0.25, 0.3) is 0 Å². The first kappa shape index (κ1) is 21.4. The number of carboxylic acid groups (broad SMARTS) is 1. The standard InChI is InChI=1S/C11H11N3O2.C10H9N3O2/c1-16-11(15)10-8-14(13-12-10)7-9-5-3-2-4-6-9;14-10(15)9-7-13(12-11-9)6-8-4-2-1-3-5-8/h2-6,8H,7H2,1H3;1-5,7H,6H2,(H,14,15). The predicted molar refractivity (Wildman–Crippen MR) is 109 cm³/mol. The van der Waals surface area contributed by atoms with Crippen LogP contribution in [0.15, 0.2) is 73.1 Å². The second kappa shape index (κ2) is 10.4. The van der Waals surface area contributed by atoms with E-state index in [0.717, 1.165) is 11.1 Å². The second-order valence-corrected chi connectivity index (χ2v) is 6.37. The number of hydrogen-bond acceptors (Lipinski definition) is 7. The van der Waals surface area contributed by atoms with Crippen molar-refractivity contribution in [3.05, 3.63) is 95.6 Å². The molecule has 0 saturated heterocycles. The van der Waals surface area contributed by atoms with Crippen LogP contribution in [-0.2, 0) is 17.8 Å². The molecular formula is C21H20N6O4. The fourth-order valence-electron chi connectivity index (χ4n) is 2.59. The number of aromatic carboxylic acids is 1. The van der Waals surface area contributed by atoms with Crippen LogP contribution in [0, 0.1) is 0 Å². The van der Waals surface area contributed by atoms with Gasteiger partial charge in [0, 0.05) is 0 Å². The van der Waals surface area contributed by atoms with Gasteiger partial charge in [-0.05, 0) is 11.1 Å². The number of carboxylic acids is 1. The quantitative estimate of drug-likeness (QED) is 0.470. The molecule has 4 aromatic rings. The van der Waals surface area contributed by atoms with Gasteiger partial charge in [-0.25, -0.2) is 19.0 Å². The molecule has 2 aromatic carbocycles. The van der Waals surface area contributed by atoms with Crippen LogP contribution in [0.2, 0.25) is 0 Å². The van der Waals surface area contributed by atoms with Gasteiger partial charge in [-0.1, -0.05) is 71.1 Å². The molecule has 0 aliphatic heterocycles. The van der Waals surface area contributed by atoms with E-state index in [1.165, 1.54) is 18.0 Å². The highest BCUT2D eigenvalue weighted by Crippen LogP contribution is 2.03. The van der Waals surface area contributed by atoms with Crippen molar-refractivity contribution in [2.24, 2.45) is 0 Å². The monoisotopic (exact) mass is 420 g/mol. The number of carbonyl (C=O) groups excluding carboxylic acids is 1. The largest absolute Gasteiger partial charge is 0.476 e. The minimum absolute atomic E-state index is 0.0362. The van der Waals surface area contributed by atoms with E-state index in [4.69, 9.17) is 5.11 Å². The lowest BCUT2D eigenvalue weighted by atomic mass is 10.2. The Balaban J connectivity index is 0.000000176. The Morgan fingerprint density at radius 2 is 1.26 bits per heavy atom. The summed E-state index contributed by atoms with van der Waals surface area (Å²) in [6.07, 6.45) is 2.98. The SMILES string of the molecule is COC(=O)c1cn(Cc2ccccc2)nn1.O=C(O)c1cn(Cc2ccccc2)nn1. The molecule has 10 nitrogen and oxygen atoms in total. The summed E-state index contributed by atoms with van der Waals surface area (Å²) in [5, 5.41) is 23.5. The molecule has 0 amide bonds. The van der Waals surface area contributed by atoms with Gasteiger partial charge >= 0.3 is 11.9 Å². The minimum atomic E-state index is -1.06. The van der Waals surface area contributed by atoms with Crippen LogP contribution in [0.3, 0.4) is 0 Å². The van der Waals surface area contributed by atoms with Crippen LogP contribution in [0.5, 0.6) is 0 Å². The van der Waals surface area contributed by atoms with Gasteiger partial charge in [-0.15, -0.1) is 10.2 Å². The van der Waals surface area contributed by atoms with Gasteiger partial charge in [0.2, 0.25) is 0 Å². The first-order valence-electron chi connectivity index (χ1n) is 9.25. The first-order chi connectivity index (χ1) is 15.0. The van der Waals surface area contributed by atoms with E-state index in [9.17, 15) is 9.59 Å². The number of esters is 1. The number of ether oxygens (including phenoxy) is 1. The fraction of sp³-hybridized carbons (Fsp3) is 0.143. The summed E-state index contributed by atoms with van der Waals surface area (Å²) in [5.74, 6) is -1.53. The Hall–Kier alpha value is -4.34. The van der Waals surface area contributed by atoms with E-state index < -0.39 is 11.9 Å². The van der Waals surface area contributed by atoms with E-state index in [1.807, 2.05) is 60.7 Å². The molecule has 4 rings (SSSR count). The number of aromatic nitrogens is 6. The molecule has 0 aliphatic carbocycles. The molecule has 0 radical (unpaired) electrons. The molecule has 31 heavy (non-hydrogen) atoms. The number of carbonyl (C=O) groups is 2. The molecule has 2 heterocycles. The van der Waals surface area contributed by atoms with Crippen molar-refractivity contribution < 1.29 is 19.4 Å². The molecule has 2 aromatic heterocycles. The van der Waals surface area contributed by atoms with Crippen molar-refractivity contribution in [1.82, 2.24) is 30.0 Å². The van der Waals surface area contributed by atoms with Crippen molar-refractivity contribution in [2.75, 3.05) is 7.11 Å². The number of hydrogen-bond donors (Lipinski definition) is 1. The van der Waals surface area contributed by atoms with Crippen molar-refractivity contribution in [1.29, 1.82) is 0 Å². The molecule has 10 heteroatoms. The first-order valence-corrected chi connectivity index (χ1v) is 9.25. The Morgan fingerprint density at radius 1 is 0.806 bits per heavy atom. The van der Waals surface area contributed by atoms with Gasteiger partial charge in [0.05, 0.1) is 32.6 Å². The molecule has 158 valence electrons. The highest BCUT2D eigenvalue weighted by molar-refractivity contribution is 5.86. The lowest BCUT2D eigenvalue weighted by molar-refractivity contribution is 0.0593. The third-order valence-electron chi connectivity index (χ3n) is 4.07. The normalized spacial score (nSPS) is 10.1. The zero-order chi connectivity index (χ0) is 22.1. The number of methoxy groups -OCH3 is 1. The van der Waals surface area contributed by atoms with E-state index in [0.29, 0.717) is 13.1 Å². The Bertz CT molecular complexity index is 1130. The fourth-order valence-corrected chi connectivity index (χ4v) is 2.59. The molecule has 0 bridgehead atoms. The van der Waals surface area contributed by atoms with Crippen molar-refractivity contribution in [2.45, 2.75) is 13.1 Å². The summed E-state index contributed by atoms with van der Waals surface area (Å²) >= 11 is 0. The number of nitrogens with zero attached hydrogens (tertiary/aromatic N) is 6. The van der Waals surface area contributed by atoms with E-state index in [-0.39, 0.29) is 11.4 Å². The molecule has 0 unspecified atom stereocenters. The Labute approximate surface area is 177 Å². The predicted octanol–water partition coefficient (Wildman–Crippen LogP) is 2.14. The maximum absolute atomic E-state index is 11.1. The van der Waals surface area contributed by atoms with Crippen LogP contribution in [0.1, 0.15) is 32.1 Å². The van der Waals surface area contributed by atoms with Crippen molar-refractivity contribution in [3.63, 3.8) is 0 Å². The smallest absolute Gasteiger partial charge is 0.360 e. The maximum Gasteiger partial charge on any atom is 0.360 e. The lowest BCUT2D eigenvalue weighted by Gasteiger charge is -1.99. The van der Waals surface area contributed by atoms with Crippen LogP contribution < -0.4 is 0 Å². The Morgan fingerprint density at radius 3 is 1.68 bits per heavy atom. The summed E-state index contributed by atoms with van der Waals surface area (Å²) < 4.78 is 7.64. The average molecular weight is 420 g/mol. The van der Waals surface area contributed by atoms with Crippen LogP contribution in [0.4, 0.5) is 0 Å². The average Bonchev–Trinajstić information content (AvgIpc) is 3.45. The molecule has 0 aliphatic rings. The van der Waals surface area contributed by atoms with E-state index >= 15 is 0 Å². The highest BCUT2D eigenvalue weighted by Gasteiger charge is 2.10. The molecular weight excluding hydrogens is 400 g/mol. The maximum atomic E-state index is 11.1. The molecule has 0 saturated carbocycles. The summed E-state index contributed by atoms with van der Waals surface area (Å²) in [6.45, 7) is 1.12. The summed E-state index contributed by atoms with van der Waals surface area (Å²) in [6, 6.07) is 19.5. The Kier molecular flexibility index (Phi) is 7.20. The summed E-state index contributed by atoms with van der Waals surface area (Å²) in [7, 11) is 1.32. The lowest BCUT2D eigenvalue weighted by Crippen LogP contribution is -2.01. The zero-order valence-corrected chi connectivity index (χ0v) is 16.7. The third-order valence-corrected chi connectivity index (χ3v) is 4.07. The highest BCUT2D eigenvalue weighted by atomic mass is 16.5. The van der Waals surface area contributed by atoms with Gasteiger partial charge in [-0.2, -0.15) is 0 Å². The van der Waals surface area contributed by atoms with E-state index in [2.05, 4.69) is 25.4 Å².